The van der Waals surface area contributed by atoms with Crippen molar-refractivity contribution in [2.24, 2.45) is 0 Å². The van der Waals surface area contributed by atoms with Crippen LogP contribution in [0.5, 0.6) is 17.2 Å². The molecule has 4 rings (SSSR count). The molecule has 4 aromatic rings. The summed E-state index contributed by atoms with van der Waals surface area (Å²) in [7, 11) is 1.27. The third-order valence-electron chi connectivity index (χ3n) is 4.88. The predicted octanol–water partition coefficient (Wildman–Crippen LogP) is 3.69. The van der Waals surface area contributed by atoms with Gasteiger partial charge in [0.1, 0.15) is 5.69 Å². The molecule has 0 aliphatic rings. The monoisotopic (exact) mass is 454 g/mol. The molecular weight excluding hydrogens is 432 g/mol. The number of ether oxygens (including phenoxy) is 3. The van der Waals surface area contributed by atoms with Crippen molar-refractivity contribution in [2.45, 2.75) is 0 Å². The summed E-state index contributed by atoms with van der Waals surface area (Å²) in [4.78, 5) is 4.40. The normalized spacial score (nSPS) is 11.4. The van der Waals surface area contributed by atoms with Crippen molar-refractivity contribution >= 4 is 26.7 Å². The predicted molar refractivity (Wildman–Crippen MR) is 123 cm³/mol. The lowest BCUT2D eigenvalue weighted by Gasteiger charge is -2.15. The highest BCUT2D eigenvalue weighted by atomic mass is 32.2. The molecule has 0 saturated carbocycles. The van der Waals surface area contributed by atoms with E-state index in [0.29, 0.717) is 34.3 Å². The molecule has 0 fully saturated rings. The summed E-state index contributed by atoms with van der Waals surface area (Å²) in [5, 5.41) is 8.19. The number of fused-ring (bicyclic) bond motifs is 1. The Labute approximate surface area is 185 Å². The van der Waals surface area contributed by atoms with E-state index in [1.54, 1.807) is 45.7 Å². The SMILES string of the molecule is COc1cc(-c2ccnc3[nH]nc(-c4cccc(NS(C)(=O)=O)c4)c23)cc(OC)c1OC. The van der Waals surface area contributed by atoms with Crippen LogP contribution in [0.15, 0.2) is 48.7 Å². The quantitative estimate of drug-likeness (QED) is 0.438. The Kier molecular flexibility index (Phi) is 5.62. The lowest BCUT2D eigenvalue weighted by molar-refractivity contribution is 0.324. The summed E-state index contributed by atoms with van der Waals surface area (Å²) in [5.74, 6) is 1.54. The van der Waals surface area contributed by atoms with Gasteiger partial charge in [0.25, 0.3) is 0 Å². The lowest BCUT2D eigenvalue weighted by atomic mass is 9.99. The van der Waals surface area contributed by atoms with Crippen LogP contribution in [0, 0.1) is 0 Å². The number of benzene rings is 2. The van der Waals surface area contributed by atoms with Gasteiger partial charge in [0.2, 0.25) is 15.8 Å². The molecular formula is C22H22N4O5S. The number of H-pyrrole nitrogens is 1. The standard InChI is InChI=1S/C22H22N4O5S/c1-29-17-11-14(12-18(30-2)21(17)31-3)16-8-9-23-22-19(16)20(24-25-22)13-6-5-7-15(10-13)26-32(4,27)28/h5-12,26H,1-4H3,(H,23,24,25). The van der Waals surface area contributed by atoms with E-state index in [9.17, 15) is 8.42 Å². The van der Waals surface area contributed by atoms with Gasteiger partial charge in [-0.15, -0.1) is 0 Å². The molecule has 0 saturated heterocycles. The molecule has 0 atom stereocenters. The molecule has 166 valence electrons. The number of rotatable bonds is 7. The van der Waals surface area contributed by atoms with Crippen LogP contribution >= 0.6 is 0 Å². The zero-order valence-electron chi connectivity index (χ0n) is 18.0. The van der Waals surface area contributed by atoms with Gasteiger partial charge in [0, 0.05) is 17.4 Å². The second-order valence-electron chi connectivity index (χ2n) is 7.02. The van der Waals surface area contributed by atoms with Gasteiger partial charge in [0.05, 0.1) is 33.0 Å². The van der Waals surface area contributed by atoms with Gasteiger partial charge in [-0.1, -0.05) is 12.1 Å². The maximum Gasteiger partial charge on any atom is 0.229 e. The smallest absolute Gasteiger partial charge is 0.229 e. The number of hydrogen-bond donors (Lipinski definition) is 2. The summed E-state index contributed by atoms with van der Waals surface area (Å²) >= 11 is 0. The first-order valence-corrected chi connectivity index (χ1v) is 11.5. The van der Waals surface area contributed by atoms with Crippen LogP contribution in [-0.4, -0.2) is 51.2 Å². The van der Waals surface area contributed by atoms with Gasteiger partial charge in [-0.05, 0) is 41.5 Å². The molecule has 0 aliphatic carbocycles. The van der Waals surface area contributed by atoms with E-state index in [1.165, 1.54) is 0 Å². The van der Waals surface area contributed by atoms with Gasteiger partial charge >= 0.3 is 0 Å². The third kappa shape index (κ3) is 4.04. The van der Waals surface area contributed by atoms with Crippen LogP contribution in [0.1, 0.15) is 0 Å². The van der Waals surface area contributed by atoms with E-state index in [0.717, 1.165) is 28.3 Å². The Hall–Kier alpha value is -3.79. The molecule has 2 heterocycles. The molecule has 0 unspecified atom stereocenters. The third-order valence-corrected chi connectivity index (χ3v) is 5.48. The topological polar surface area (TPSA) is 115 Å². The van der Waals surface area contributed by atoms with Crippen LogP contribution in [0.4, 0.5) is 5.69 Å². The van der Waals surface area contributed by atoms with E-state index in [2.05, 4.69) is 19.9 Å². The maximum atomic E-state index is 11.6. The van der Waals surface area contributed by atoms with Crippen LogP contribution in [-0.2, 0) is 10.0 Å². The fourth-order valence-electron chi connectivity index (χ4n) is 3.58. The van der Waals surface area contributed by atoms with Crippen molar-refractivity contribution in [2.75, 3.05) is 32.3 Å². The number of nitrogens with one attached hydrogen (secondary N) is 2. The van der Waals surface area contributed by atoms with E-state index in [-0.39, 0.29) is 0 Å². The van der Waals surface area contributed by atoms with Crippen LogP contribution in [0.3, 0.4) is 0 Å². The van der Waals surface area contributed by atoms with Crippen LogP contribution in [0.25, 0.3) is 33.4 Å². The average Bonchev–Trinajstić information content (AvgIpc) is 3.21. The molecule has 9 nitrogen and oxygen atoms in total. The Balaban J connectivity index is 1.92. The van der Waals surface area contributed by atoms with E-state index >= 15 is 0 Å². The molecule has 32 heavy (non-hydrogen) atoms. The molecule has 0 bridgehead atoms. The number of pyridine rings is 1. The first kappa shape index (κ1) is 21.4. The minimum atomic E-state index is -3.41. The van der Waals surface area contributed by atoms with Gasteiger partial charge in [-0.2, -0.15) is 5.10 Å². The maximum absolute atomic E-state index is 11.6. The molecule has 0 radical (unpaired) electrons. The molecule has 0 spiro atoms. The molecule has 0 aliphatic heterocycles. The Morgan fingerprint density at radius 2 is 1.66 bits per heavy atom. The second-order valence-corrected chi connectivity index (χ2v) is 8.77. The van der Waals surface area contributed by atoms with Crippen LogP contribution < -0.4 is 18.9 Å². The Morgan fingerprint density at radius 3 is 2.28 bits per heavy atom. The first-order valence-electron chi connectivity index (χ1n) is 9.56. The number of aromatic amines is 1. The van der Waals surface area contributed by atoms with E-state index in [4.69, 9.17) is 14.2 Å². The fraction of sp³-hybridized carbons (Fsp3) is 0.182. The summed E-state index contributed by atoms with van der Waals surface area (Å²) < 4.78 is 42.2. The second kappa shape index (κ2) is 8.39. The largest absolute Gasteiger partial charge is 0.493 e. The number of nitrogens with zero attached hydrogens (tertiary/aromatic N) is 2. The number of hydrogen-bond acceptors (Lipinski definition) is 7. The van der Waals surface area contributed by atoms with Gasteiger partial charge in [-0.3, -0.25) is 9.82 Å². The zero-order valence-corrected chi connectivity index (χ0v) is 18.8. The van der Waals surface area contributed by atoms with Crippen molar-refractivity contribution in [3.63, 3.8) is 0 Å². The molecule has 2 aromatic heterocycles. The molecule has 2 N–H and O–H groups in total. The summed E-state index contributed by atoms with van der Waals surface area (Å²) in [5.41, 5.74) is 4.06. The minimum Gasteiger partial charge on any atom is -0.493 e. The molecule has 10 heteroatoms. The van der Waals surface area contributed by atoms with Gasteiger partial charge in [-0.25, -0.2) is 13.4 Å². The van der Waals surface area contributed by atoms with Gasteiger partial charge in [0.15, 0.2) is 17.1 Å². The van der Waals surface area contributed by atoms with Crippen molar-refractivity contribution in [1.29, 1.82) is 0 Å². The molecule has 2 aromatic carbocycles. The van der Waals surface area contributed by atoms with Crippen molar-refractivity contribution in [3.8, 4) is 39.6 Å². The van der Waals surface area contributed by atoms with Crippen LogP contribution in [0.2, 0.25) is 0 Å². The minimum absolute atomic E-state index is 0.444. The zero-order chi connectivity index (χ0) is 22.9. The summed E-state index contributed by atoms with van der Waals surface area (Å²) in [6.45, 7) is 0. The highest BCUT2D eigenvalue weighted by Gasteiger charge is 2.19. The Morgan fingerprint density at radius 1 is 0.938 bits per heavy atom. The molecule has 0 amide bonds. The summed E-state index contributed by atoms with van der Waals surface area (Å²) in [6.07, 6.45) is 2.79. The number of methoxy groups -OCH3 is 3. The van der Waals surface area contributed by atoms with Gasteiger partial charge < -0.3 is 14.2 Å². The van der Waals surface area contributed by atoms with Crippen molar-refractivity contribution in [1.82, 2.24) is 15.2 Å². The lowest BCUT2D eigenvalue weighted by Crippen LogP contribution is -2.09. The Bertz CT molecular complexity index is 1370. The van der Waals surface area contributed by atoms with E-state index < -0.39 is 10.0 Å². The van der Waals surface area contributed by atoms with Crippen molar-refractivity contribution in [3.05, 3.63) is 48.7 Å². The highest BCUT2D eigenvalue weighted by Crippen LogP contribution is 2.43. The van der Waals surface area contributed by atoms with E-state index in [1.807, 2.05) is 24.3 Å². The number of aromatic nitrogens is 3. The fourth-order valence-corrected chi connectivity index (χ4v) is 4.14. The van der Waals surface area contributed by atoms with Crippen molar-refractivity contribution < 1.29 is 22.6 Å². The average molecular weight is 455 g/mol. The first-order chi connectivity index (χ1) is 15.3. The number of sulfonamides is 1. The number of anilines is 1. The highest BCUT2D eigenvalue weighted by molar-refractivity contribution is 7.92. The summed E-state index contributed by atoms with van der Waals surface area (Å²) in [6, 6.07) is 12.6.